The summed E-state index contributed by atoms with van der Waals surface area (Å²) in [4.78, 5) is 0. The van der Waals surface area contributed by atoms with Crippen LogP contribution in [0.25, 0.3) is 0 Å². The first-order chi connectivity index (χ1) is 5.52. The lowest BCUT2D eigenvalue weighted by Gasteiger charge is -2.11. The van der Waals surface area contributed by atoms with Gasteiger partial charge in [-0.05, 0) is 6.42 Å². The van der Waals surface area contributed by atoms with Crippen LogP contribution in [0.4, 0.5) is 0 Å². The summed E-state index contributed by atoms with van der Waals surface area (Å²) in [5.41, 5.74) is 0. The van der Waals surface area contributed by atoms with Crippen LogP contribution in [0.15, 0.2) is 0 Å². The van der Waals surface area contributed by atoms with Crippen LogP contribution in [0.1, 0.15) is 20.3 Å². The highest BCUT2D eigenvalue weighted by atomic mass is 32.7. The first kappa shape index (κ1) is 12.9. The van der Waals surface area contributed by atoms with Crippen molar-refractivity contribution in [2.45, 2.75) is 25.5 Å². The van der Waals surface area contributed by atoms with Crippen molar-refractivity contribution in [2.24, 2.45) is 0 Å². The van der Waals surface area contributed by atoms with Crippen molar-refractivity contribution in [2.75, 3.05) is 18.9 Å². The molecule has 0 bridgehead atoms. The van der Waals surface area contributed by atoms with Gasteiger partial charge >= 0.3 is 0 Å². The molecule has 0 aliphatic rings. The van der Waals surface area contributed by atoms with Gasteiger partial charge in [0.2, 0.25) is 0 Å². The van der Waals surface area contributed by atoms with E-state index in [1.807, 2.05) is 11.8 Å². The lowest BCUT2D eigenvalue weighted by molar-refractivity contribution is 0.414. The molecule has 0 rings (SSSR count). The summed E-state index contributed by atoms with van der Waals surface area (Å²) in [5.74, 6) is 0. The molecule has 0 saturated heterocycles. The molecule has 12 heavy (non-hydrogen) atoms. The lowest BCUT2D eigenvalue weighted by atomic mass is 10.4. The summed E-state index contributed by atoms with van der Waals surface area (Å²) >= 11 is 3.25. The maximum absolute atomic E-state index is 11.4. The van der Waals surface area contributed by atoms with E-state index in [0.717, 1.165) is 11.5 Å². The number of thioether (sulfide) groups is 1. The molecule has 0 fully saturated rings. The van der Waals surface area contributed by atoms with E-state index < -0.39 is 6.57 Å². The van der Waals surface area contributed by atoms with Crippen molar-refractivity contribution in [3.63, 3.8) is 0 Å². The van der Waals surface area contributed by atoms with Gasteiger partial charge in [0, 0.05) is 24.1 Å². The molecular formula is C7H17O2PS2. The normalized spacial score (nSPS) is 18.7. The van der Waals surface area contributed by atoms with Gasteiger partial charge in [-0.25, -0.2) is 0 Å². The first-order valence-electron chi connectivity index (χ1n) is 3.91. The van der Waals surface area contributed by atoms with Crippen LogP contribution in [-0.4, -0.2) is 24.1 Å². The third-order valence-corrected chi connectivity index (χ3v) is 7.35. The van der Waals surface area contributed by atoms with Gasteiger partial charge in [0.15, 0.2) is 0 Å². The molecule has 0 aliphatic heterocycles. The van der Waals surface area contributed by atoms with Crippen LogP contribution >= 0.6 is 29.7 Å². The smallest absolute Gasteiger partial charge is 0.255 e. The van der Waals surface area contributed by atoms with Gasteiger partial charge < -0.3 is 4.52 Å². The van der Waals surface area contributed by atoms with E-state index in [1.54, 1.807) is 6.66 Å². The molecule has 74 valence electrons. The van der Waals surface area contributed by atoms with E-state index in [1.165, 1.54) is 18.5 Å². The van der Waals surface area contributed by atoms with Gasteiger partial charge in [-0.15, -0.1) is 11.8 Å². The minimum Gasteiger partial charge on any atom is -0.325 e. The van der Waals surface area contributed by atoms with Crippen LogP contribution in [-0.2, 0) is 9.09 Å². The van der Waals surface area contributed by atoms with Gasteiger partial charge in [0.25, 0.3) is 6.57 Å². The molecule has 0 N–H and O–H groups in total. The average Bonchev–Trinajstić information content (AvgIpc) is 2.04. The molecule has 2 atom stereocenters. The van der Waals surface area contributed by atoms with Crippen LogP contribution in [0.3, 0.4) is 0 Å². The minimum atomic E-state index is -2.34. The Labute approximate surface area is 83.4 Å². The fourth-order valence-electron chi connectivity index (χ4n) is 0.413. The largest absolute Gasteiger partial charge is 0.325 e. The molecule has 0 aromatic heterocycles. The Morgan fingerprint density at radius 1 is 1.58 bits per heavy atom. The zero-order valence-corrected chi connectivity index (χ0v) is 10.6. The van der Waals surface area contributed by atoms with Gasteiger partial charge in [0.1, 0.15) is 0 Å². The molecule has 2 nitrogen and oxygen atoms in total. The second-order valence-electron chi connectivity index (χ2n) is 2.59. The highest BCUT2D eigenvalue weighted by molar-refractivity contribution is 8.58. The molecule has 0 amide bonds. The standard InChI is InChI=1S/C7H17O2PS2/c1-5-7(2)11-6-12-10(4,8)9-3/h7H,5-6H2,1-4H3. The predicted octanol–water partition coefficient (Wildman–Crippen LogP) is 3.68. The summed E-state index contributed by atoms with van der Waals surface area (Å²) in [6.07, 6.45) is 1.16. The van der Waals surface area contributed by atoms with Crippen molar-refractivity contribution in [1.82, 2.24) is 0 Å². The van der Waals surface area contributed by atoms with Gasteiger partial charge in [0.05, 0.1) is 0 Å². The quantitative estimate of drug-likeness (QED) is 0.511. The second kappa shape index (κ2) is 6.36. The van der Waals surface area contributed by atoms with Crippen LogP contribution < -0.4 is 0 Å². The highest BCUT2D eigenvalue weighted by Crippen LogP contribution is 2.56. The molecule has 0 radical (unpaired) electrons. The van der Waals surface area contributed by atoms with Crippen molar-refractivity contribution >= 4 is 29.7 Å². The number of hydrogen-bond donors (Lipinski definition) is 0. The monoisotopic (exact) mass is 228 g/mol. The van der Waals surface area contributed by atoms with Crippen LogP contribution in [0, 0.1) is 0 Å². The maximum Gasteiger partial charge on any atom is 0.255 e. The fourth-order valence-corrected chi connectivity index (χ4v) is 5.28. The van der Waals surface area contributed by atoms with Crippen molar-refractivity contribution in [3.8, 4) is 0 Å². The van der Waals surface area contributed by atoms with E-state index >= 15 is 0 Å². The Morgan fingerprint density at radius 2 is 2.17 bits per heavy atom. The van der Waals surface area contributed by atoms with E-state index in [9.17, 15) is 4.57 Å². The Kier molecular flexibility index (Phi) is 6.83. The van der Waals surface area contributed by atoms with Crippen LogP contribution in [0.5, 0.6) is 0 Å². The first-order valence-corrected chi connectivity index (χ1v) is 8.62. The molecule has 0 aliphatic carbocycles. The van der Waals surface area contributed by atoms with Crippen molar-refractivity contribution in [3.05, 3.63) is 0 Å². The SMILES string of the molecule is CCC(C)SCSP(C)(=O)OC. The topological polar surface area (TPSA) is 26.3 Å². The van der Waals surface area contributed by atoms with Crippen molar-refractivity contribution < 1.29 is 9.09 Å². The predicted molar refractivity (Wildman–Crippen MR) is 60.3 cm³/mol. The third-order valence-electron chi connectivity index (χ3n) is 1.55. The van der Waals surface area contributed by atoms with E-state index in [4.69, 9.17) is 4.52 Å². The zero-order valence-electron chi connectivity index (χ0n) is 8.07. The van der Waals surface area contributed by atoms with E-state index in [2.05, 4.69) is 13.8 Å². The Hall–Kier alpha value is 0.890. The van der Waals surface area contributed by atoms with E-state index in [0.29, 0.717) is 5.25 Å². The maximum atomic E-state index is 11.4. The highest BCUT2D eigenvalue weighted by Gasteiger charge is 2.14. The fraction of sp³-hybridized carbons (Fsp3) is 1.00. The summed E-state index contributed by atoms with van der Waals surface area (Å²) in [6.45, 7) is 3.65. The molecule has 2 unspecified atom stereocenters. The Morgan fingerprint density at radius 3 is 2.58 bits per heavy atom. The molecule has 0 saturated carbocycles. The summed E-state index contributed by atoms with van der Waals surface area (Å²) in [6, 6.07) is 0. The molecule has 0 spiro atoms. The minimum absolute atomic E-state index is 0.648. The number of hydrogen-bond acceptors (Lipinski definition) is 4. The summed E-state index contributed by atoms with van der Waals surface area (Å²) in [7, 11) is 1.50. The average molecular weight is 228 g/mol. The molecular weight excluding hydrogens is 211 g/mol. The number of rotatable bonds is 6. The lowest BCUT2D eigenvalue weighted by Crippen LogP contribution is -1.92. The van der Waals surface area contributed by atoms with E-state index in [-0.39, 0.29) is 0 Å². The Balaban J connectivity index is 3.49. The molecule has 0 aromatic rings. The Bertz CT molecular complexity index is 163. The van der Waals surface area contributed by atoms with Crippen molar-refractivity contribution in [1.29, 1.82) is 0 Å². The van der Waals surface area contributed by atoms with Gasteiger partial charge in [-0.3, -0.25) is 4.57 Å². The zero-order chi connectivity index (χ0) is 9.61. The summed E-state index contributed by atoms with van der Waals surface area (Å²) < 4.78 is 16.2. The van der Waals surface area contributed by atoms with Gasteiger partial charge in [-0.1, -0.05) is 25.2 Å². The molecule has 0 aromatic carbocycles. The molecule has 0 heterocycles. The second-order valence-corrected chi connectivity index (χ2v) is 9.60. The summed E-state index contributed by atoms with van der Waals surface area (Å²) in [5, 5.41) is 1.51. The molecule has 5 heteroatoms. The third kappa shape index (κ3) is 6.41. The van der Waals surface area contributed by atoms with Gasteiger partial charge in [-0.2, -0.15) is 0 Å². The van der Waals surface area contributed by atoms with Crippen LogP contribution in [0.2, 0.25) is 0 Å².